The normalized spacial score (nSPS) is 34.5. The molecule has 0 spiro atoms. The summed E-state index contributed by atoms with van der Waals surface area (Å²) in [7, 11) is 3.61. The molecule has 1 amide bonds. The predicted molar refractivity (Wildman–Crippen MR) is 88.0 cm³/mol. The number of amides is 1. The maximum Gasteiger partial charge on any atom is 0.232 e. The van der Waals surface area contributed by atoms with Gasteiger partial charge in [0.15, 0.2) is 0 Å². The van der Waals surface area contributed by atoms with E-state index in [1.807, 2.05) is 24.1 Å². The van der Waals surface area contributed by atoms with Crippen molar-refractivity contribution in [1.29, 1.82) is 0 Å². The lowest BCUT2D eigenvalue weighted by atomic mass is 9.51. The predicted octanol–water partition coefficient (Wildman–Crippen LogP) is 3.40. The van der Waals surface area contributed by atoms with Crippen LogP contribution in [0.2, 0.25) is 0 Å². The van der Waals surface area contributed by atoms with E-state index in [0.717, 1.165) is 25.1 Å². The zero-order valence-electron chi connectivity index (χ0n) is 13.9. The number of methoxy groups -OCH3 is 1. The second-order valence-electron chi connectivity index (χ2n) is 7.03. The average molecular weight is 299 g/mol. The van der Waals surface area contributed by atoms with Gasteiger partial charge in [0.05, 0.1) is 12.5 Å². The van der Waals surface area contributed by atoms with Crippen LogP contribution in [-0.4, -0.2) is 31.5 Å². The number of hydrogen-bond acceptors (Lipinski definition) is 2. The van der Waals surface area contributed by atoms with Crippen LogP contribution < -0.4 is 4.74 Å². The molecule has 1 saturated heterocycles. The van der Waals surface area contributed by atoms with Crippen LogP contribution in [0, 0.1) is 11.3 Å². The smallest absolute Gasteiger partial charge is 0.232 e. The molecule has 0 unspecified atom stereocenters. The maximum absolute atomic E-state index is 13.0. The average Bonchev–Trinajstić information content (AvgIpc) is 2.53. The molecule has 1 aliphatic carbocycles. The van der Waals surface area contributed by atoms with Crippen LogP contribution in [0.5, 0.6) is 5.75 Å². The van der Waals surface area contributed by atoms with Gasteiger partial charge in [0.2, 0.25) is 5.91 Å². The summed E-state index contributed by atoms with van der Waals surface area (Å²) < 4.78 is 5.42. The summed E-state index contributed by atoms with van der Waals surface area (Å²) in [5, 5.41) is 0. The molecule has 1 aromatic rings. The van der Waals surface area contributed by atoms with Crippen molar-refractivity contribution in [2.24, 2.45) is 11.3 Å². The van der Waals surface area contributed by atoms with Crippen LogP contribution in [-0.2, 0) is 10.2 Å². The fraction of sp³-hybridized carbons (Fsp3) is 0.526. The largest absolute Gasteiger partial charge is 0.497 e. The van der Waals surface area contributed by atoms with Gasteiger partial charge in [-0.3, -0.25) is 4.79 Å². The molecule has 22 heavy (non-hydrogen) atoms. The lowest BCUT2D eigenvalue weighted by Crippen LogP contribution is -2.60. The molecule has 3 atom stereocenters. The zero-order valence-corrected chi connectivity index (χ0v) is 13.9. The number of ether oxygens (including phenoxy) is 1. The number of piperidine rings is 1. The van der Waals surface area contributed by atoms with Crippen LogP contribution in [0.1, 0.15) is 32.3 Å². The number of allylic oxidation sites excluding steroid dienone is 1. The number of carbonyl (C=O) groups is 1. The summed E-state index contributed by atoms with van der Waals surface area (Å²) in [4.78, 5) is 14.8. The number of likely N-dealkylation sites (tertiary alicyclic amines) is 1. The number of hydrogen-bond donors (Lipinski definition) is 0. The van der Waals surface area contributed by atoms with E-state index in [1.54, 1.807) is 7.11 Å². The molecular weight excluding hydrogens is 274 g/mol. The van der Waals surface area contributed by atoms with Crippen molar-refractivity contribution in [2.45, 2.75) is 32.1 Å². The summed E-state index contributed by atoms with van der Waals surface area (Å²) in [6.07, 6.45) is 6.36. The monoisotopic (exact) mass is 299 g/mol. The van der Waals surface area contributed by atoms with E-state index in [1.165, 1.54) is 5.56 Å². The molecule has 3 nitrogen and oxygen atoms in total. The zero-order chi connectivity index (χ0) is 16.0. The van der Waals surface area contributed by atoms with E-state index >= 15 is 0 Å². The first-order valence-corrected chi connectivity index (χ1v) is 8.02. The summed E-state index contributed by atoms with van der Waals surface area (Å²) in [6, 6.07) is 8.28. The first-order chi connectivity index (χ1) is 10.4. The SMILES string of the molecule is COc1cccc([C@]23CCN(C)C(=O)[C@]2(C)C=C[C@H](C)C3)c1. The quantitative estimate of drug-likeness (QED) is 0.783. The topological polar surface area (TPSA) is 29.5 Å². The van der Waals surface area contributed by atoms with Gasteiger partial charge in [-0.2, -0.15) is 0 Å². The van der Waals surface area contributed by atoms with Gasteiger partial charge in [-0.05, 0) is 43.4 Å². The molecule has 2 aliphatic rings. The third kappa shape index (κ3) is 1.98. The Bertz CT molecular complexity index is 624. The molecule has 0 aromatic heterocycles. The van der Waals surface area contributed by atoms with Gasteiger partial charge >= 0.3 is 0 Å². The Balaban J connectivity index is 2.18. The second-order valence-corrected chi connectivity index (χ2v) is 7.03. The fourth-order valence-corrected chi connectivity index (χ4v) is 4.32. The molecule has 3 rings (SSSR count). The lowest BCUT2D eigenvalue weighted by Gasteiger charge is -2.55. The van der Waals surface area contributed by atoms with Crippen molar-refractivity contribution in [3.05, 3.63) is 42.0 Å². The van der Waals surface area contributed by atoms with Gasteiger partial charge in [0.1, 0.15) is 5.75 Å². The highest BCUT2D eigenvalue weighted by atomic mass is 16.5. The Hall–Kier alpha value is -1.77. The Labute approximate surface area is 133 Å². The van der Waals surface area contributed by atoms with E-state index in [0.29, 0.717) is 5.92 Å². The highest BCUT2D eigenvalue weighted by Gasteiger charge is 2.57. The number of rotatable bonds is 2. The van der Waals surface area contributed by atoms with Crippen molar-refractivity contribution in [3.63, 3.8) is 0 Å². The van der Waals surface area contributed by atoms with Gasteiger partial charge < -0.3 is 9.64 Å². The Morgan fingerprint density at radius 3 is 2.86 bits per heavy atom. The van der Waals surface area contributed by atoms with Gasteiger partial charge in [0.25, 0.3) is 0 Å². The second kappa shape index (κ2) is 5.15. The minimum absolute atomic E-state index is 0.140. The molecule has 3 heteroatoms. The first-order valence-electron chi connectivity index (χ1n) is 8.02. The number of benzene rings is 1. The van der Waals surface area contributed by atoms with Crippen molar-refractivity contribution in [1.82, 2.24) is 4.90 Å². The molecular formula is C19H25NO2. The van der Waals surface area contributed by atoms with Crippen molar-refractivity contribution in [3.8, 4) is 5.75 Å². The van der Waals surface area contributed by atoms with Crippen LogP contribution in [0.3, 0.4) is 0 Å². The van der Waals surface area contributed by atoms with Crippen molar-refractivity contribution >= 4 is 5.91 Å². The molecule has 1 aliphatic heterocycles. The Morgan fingerprint density at radius 2 is 2.14 bits per heavy atom. The number of carbonyl (C=O) groups excluding carboxylic acids is 1. The molecule has 1 aromatic carbocycles. The van der Waals surface area contributed by atoms with Gasteiger partial charge in [-0.1, -0.05) is 31.2 Å². The first kappa shape index (κ1) is 15.1. The number of fused-ring (bicyclic) bond motifs is 1. The highest BCUT2D eigenvalue weighted by molar-refractivity contribution is 5.87. The summed E-state index contributed by atoms with van der Waals surface area (Å²) >= 11 is 0. The van der Waals surface area contributed by atoms with Gasteiger partial charge in [0, 0.05) is 19.0 Å². The van der Waals surface area contributed by atoms with E-state index in [9.17, 15) is 4.79 Å². The minimum atomic E-state index is -0.473. The Morgan fingerprint density at radius 1 is 1.36 bits per heavy atom. The van der Waals surface area contributed by atoms with Crippen molar-refractivity contribution < 1.29 is 9.53 Å². The van der Waals surface area contributed by atoms with E-state index in [4.69, 9.17) is 4.74 Å². The third-order valence-corrected chi connectivity index (χ3v) is 5.71. The summed E-state index contributed by atoms with van der Waals surface area (Å²) in [6.45, 7) is 5.15. The van der Waals surface area contributed by atoms with Gasteiger partial charge in [-0.15, -0.1) is 0 Å². The van der Waals surface area contributed by atoms with Crippen LogP contribution in [0.15, 0.2) is 36.4 Å². The maximum atomic E-state index is 13.0. The van der Waals surface area contributed by atoms with Crippen LogP contribution >= 0.6 is 0 Å². The summed E-state index contributed by atoms with van der Waals surface area (Å²) in [5.74, 6) is 1.57. The van der Waals surface area contributed by atoms with E-state index < -0.39 is 5.41 Å². The molecule has 0 saturated carbocycles. The standard InChI is InChI=1S/C19H25NO2/c1-14-8-9-18(2)17(21)20(3)11-10-19(18,13-14)15-6-5-7-16(12-15)22-4/h5-9,12,14H,10-11,13H2,1-4H3/t14-,18-,19+/m0/s1. The molecule has 1 fully saturated rings. The van der Waals surface area contributed by atoms with Crippen LogP contribution in [0.4, 0.5) is 0 Å². The summed E-state index contributed by atoms with van der Waals surface area (Å²) in [5.41, 5.74) is 0.616. The van der Waals surface area contributed by atoms with Gasteiger partial charge in [-0.25, -0.2) is 0 Å². The fourth-order valence-electron chi connectivity index (χ4n) is 4.32. The number of nitrogens with zero attached hydrogens (tertiary/aromatic N) is 1. The van der Waals surface area contributed by atoms with Crippen LogP contribution in [0.25, 0.3) is 0 Å². The molecule has 1 heterocycles. The Kier molecular flexibility index (Phi) is 3.54. The third-order valence-electron chi connectivity index (χ3n) is 5.71. The molecule has 0 N–H and O–H groups in total. The van der Waals surface area contributed by atoms with E-state index in [2.05, 4.69) is 38.1 Å². The molecule has 0 radical (unpaired) electrons. The van der Waals surface area contributed by atoms with E-state index in [-0.39, 0.29) is 11.3 Å². The molecule has 0 bridgehead atoms. The molecule has 118 valence electrons. The highest BCUT2D eigenvalue weighted by Crippen LogP contribution is 2.56. The van der Waals surface area contributed by atoms with Crippen molar-refractivity contribution in [2.75, 3.05) is 20.7 Å². The lowest BCUT2D eigenvalue weighted by molar-refractivity contribution is -0.147. The minimum Gasteiger partial charge on any atom is -0.497 e.